The SMILES string of the molecule is O=C(O)CSCCNC(=O)c1ccc2c(c1)N=S=N2. The van der Waals surface area contributed by atoms with Crippen molar-refractivity contribution in [3.63, 3.8) is 0 Å². The quantitative estimate of drug-likeness (QED) is 0.797. The number of hydrogen-bond donors (Lipinski definition) is 2. The summed E-state index contributed by atoms with van der Waals surface area (Å²) >= 11 is 2.38. The summed E-state index contributed by atoms with van der Waals surface area (Å²) in [4.78, 5) is 22.1. The van der Waals surface area contributed by atoms with Crippen LogP contribution in [0.1, 0.15) is 10.4 Å². The molecule has 1 aromatic carbocycles. The fourth-order valence-electron chi connectivity index (χ4n) is 1.42. The molecule has 1 amide bonds. The lowest BCUT2D eigenvalue weighted by Gasteiger charge is -2.05. The van der Waals surface area contributed by atoms with Gasteiger partial charge in [-0.15, -0.1) is 11.8 Å². The number of nitrogens with zero attached hydrogens (tertiary/aromatic N) is 2. The van der Waals surface area contributed by atoms with Crippen LogP contribution in [-0.2, 0) is 16.1 Å². The number of nitrogens with one attached hydrogen (secondary N) is 1. The summed E-state index contributed by atoms with van der Waals surface area (Å²) < 4.78 is 8.13. The molecule has 2 rings (SSSR count). The van der Waals surface area contributed by atoms with E-state index in [9.17, 15) is 9.59 Å². The molecule has 1 aliphatic rings. The van der Waals surface area contributed by atoms with E-state index in [2.05, 4.69) is 14.0 Å². The minimum absolute atomic E-state index is 0.0479. The molecule has 0 saturated heterocycles. The van der Waals surface area contributed by atoms with Crippen molar-refractivity contribution in [2.75, 3.05) is 18.1 Å². The second-order valence-electron chi connectivity index (χ2n) is 3.67. The van der Waals surface area contributed by atoms with Crippen molar-refractivity contribution in [2.24, 2.45) is 8.73 Å². The zero-order valence-corrected chi connectivity index (χ0v) is 11.5. The number of fused-ring (bicyclic) bond motifs is 1. The number of carboxylic acids is 1. The van der Waals surface area contributed by atoms with Gasteiger partial charge in [-0.3, -0.25) is 9.59 Å². The summed E-state index contributed by atoms with van der Waals surface area (Å²) in [5, 5.41) is 11.2. The van der Waals surface area contributed by atoms with Gasteiger partial charge in [0.2, 0.25) is 0 Å². The molecule has 0 atom stereocenters. The molecule has 19 heavy (non-hydrogen) atoms. The van der Waals surface area contributed by atoms with Gasteiger partial charge in [-0.05, 0) is 18.2 Å². The number of carbonyl (C=O) groups is 2. The molecular weight excluding hydrogens is 286 g/mol. The summed E-state index contributed by atoms with van der Waals surface area (Å²) in [5.74, 6) is -0.422. The first kappa shape index (κ1) is 13.8. The number of amides is 1. The molecular formula is C11H11N3O3S2. The minimum Gasteiger partial charge on any atom is -0.481 e. The van der Waals surface area contributed by atoms with Gasteiger partial charge in [0.15, 0.2) is 0 Å². The van der Waals surface area contributed by atoms with Crippen LogP contribution in [-0.4, -0.2) is 35.0 Å². The molecule has 8 heteroatoms. The Morgan fingerprint density at radius 3 is 2.89 bits per heavy atom. The van der Waals surface area contributed by atoms with Gasteiger partial charge in [0.05, 0.1) is 17.1 Å². The van der Waals surface area contributed by atoms with Gasteiger partial charge in [0.25, 0.3) is 5.91 Å². The maximum Gasteiger partial charge on any atom is 0.313 e. The molecule has 1 aliphatic heterocycles. The van der Waals surface area contributed by atoms with Crippen LogP contribution in [0, 0.1) is 0 Å². The summed E-state index contributed by atoms with van der Waals surface area (Å²) in [5.41, 5.74) is 2.01. The molecule has 0 aliphatic carbocycles. The highest BCUT2D eigenvalue weighted by Crippen LogP contribution is 2.31. The van der Waals surface area contributed by atoms with Gasteiger partial charge in [-0.2, -0.15) is 8.73 Å². The summed E-state index contributed by atoms with van der Waals surface area (Å²) in [6.07, 6.45) is 0. The highest BCUT2D eigenvalue weighted by Gasteiger charge is 2.10. The van der Waals surface area contributed by atoms with Gasteiger partial charge in [-0.1, -0.05) is 0 Å². The molecule has 0 spiro atoms. The fourth-order valence-corrected chi connectivity index (χ4v) is 2.50. The first-order valence-electron chi connectivity index (χ1n) is 5.47. The third kappa shape index (κ3) is 3.90. The predicted octanol–water partition coefficient (Wildman–Crippen LogP) is 1.96. The van der Waals surface area contributed by atoms with Crippen LogP contribution < -0.4 is 5.32 Å². The van der Waals surface area contributed by atoms with Crippen molar-refractivity contribution in [1.29, 1.82) is 0 Å². The van der Waals surface area contributed by atoms with E-state index in [1.807, 2.05) is 0 Å². The number of benzene rings is 1. The number of thioether (sulfide) groups is 1. The molecule has 100 valence electrons. The van der Waals surface area contributed by atoms with Crippen molar-refractivity contribution < 1.29 is 14.7 Å². The van der Waals surface area contributed by atoms with E-state index in [-0.39, 0.29) is 11.7 Å². The third-order valence-electron chi connectivity index (χ3n) is 2.27. The van der Waals surface area contributed by atoms with E-state index in [0.29, 0.717) is 23.5 Å². The summed E-state index contributed by atoms with van der Waals surface area (Å²) in [6.45, 7) is 0.435. The zero-order chi connectivity index (χ0) is 13.7. The normalized spacial score (nSPS) is 11.8. The molecule has 0 unspecified atom stereocenters. The standard InChI is InChI=1S/C11H11N3O3S2/c15-10(16)6-18-4-3-12-11(17)7-1-2-8-9(5-7)14-19-13-8/h1-2,5H,3-4,6H2,(H,12,17)(H,15,16). The van der Waals surface area contributed by atoms with Crippen LogP contribution >= 0.6 is 11.8 Å². The molecule has 1 heterocycles. The number of carbonyl (C=O) groups excluding carboxylic acids is 1. The van der Waals surface area contributed by atoms with Crippen LogP contribution in [0.4, 0.5) is 11.4 Å². The largest absolute Gasteiger partial charge is 0.481 e. The third-order valence-corrected chi connectivity index (χ3v) is 3.77. The van der Waals surface area contributed by atoms with Gasteiger partial charge in [-0.25, -0.2) is 0 Å². The van der Waals surface area contributed by atoms with E-state index < -0.39 is 5.97 Å². The molecule has 0 fully saturated rings. The molecule has 0 bridgehead atoms. The topological polar surface area (TPSA) is 91.1 Å². The predicted molar refractivity (Wildman–Crippen MR) is 75.3 cm³/mol. The van der Waals surface area contributed by atoms with Gasteiger partial charge in [0, 0.05) is 17.9 Å². The van der Waals surface area contributed by atoms with Crippen LogP contribution in [0.5, 0.6) is 0 Å². The van der Waals surface area contributed by atoms with Crippen molar-refractivity contribution in [2.45, 2.75) is 0 Å². The Kier molecular flexibility index (Phi) is 4.69. The van der Waals surface area contributed by atoms with Crippen LogP contribution in [0.3, 0.4) is 0 Å². The number of rotatable bonds is 6. The molecule has 6 nitrogen and oxygen atoms in total. The molecule has 0 radical (unpaired) electrons. The molecule has 0 saturated carbocycles. The smallest absolute Gasteiger partial charge is 0.313 e. The summed E-state index contributed by atoms with van der Waals surface area (Å²) in [7, 11) is 0. The van der Waals surface area contributed by atoms with Crippen LogP contribution in [0.2, 0.25) is 0 Å². The average Bonchev–Trinajstić information content (AvgIpc) is 2.84. The molecule has 2 N–H and O–H groups in total. The van der Waals surface area contributed by atoms with E-state index in [4.69, 9.17) is 5.11 Å². The second-order valence-corrected chi connectivity index (χ2v) is 5.30. The van der Waals surface area contributed by atoms with Crippen molar-refractivity contribution in [3.05, 3.63) is 23.8 Å². The van der Waals surface area contributed by atoms with Gasteiger partial charge in [0.1, 0.15) is 11.4 Å². The number of aliphatic carboxylic acids is 1. The Morgan fingerprint density at radius 1 is 1.32 bits per heavy atom. The molecule has 0 aromatic heterocycles. The Labute approximate surface area is 117 Å². The lowest BCUT2D eigenvalue weighted by molar-refractivity contribution is -0.133. The lowest BCUT2D eigenvalue weighted by Crippen LogP contribution is -2.25. The minimum atomic E-state index is -0.849. The van der Waals surface area contributed by atoms with E-state index in [1.165, 1.54) is 11.8 Å². The van der Waals surface area contributed by atoms with Gasteiger partial charge >= 0.3 is 5.97 Å². The van der Waals surface area contributed by atoms with Gasteiger partial charge < -0.3 is 10.4 Å². The Hall–Kier alpha value is -1.67. The summed E-state index contributed by atoms with van der Waals surface area (Å²) in [6, 6.07) is 5.15. The zero-order valence-electron chi connectivity index (χ0n) is 9.83. The first-order chi connectivity index (χ1) is 9.16. The maximum atomic E-state index is 11.8. The van der Waals surface area contributed by atoms with E-state index in [1.54, 1.807) is 18.2 Å². The van der Waals surface area contributed by atoms with E-state index in [0.717, 1.165) is 17.0 Å². The van der Waals surface area contributed by atoms with Crippen LogP contribution in [0.25, 0.3) is 0 Å². The highest BCUT2D eigenvalue weighted by molar-refractivity contribution is 7.99. The van der Waals surface area contributed by atoms with E-state index >= 15 is 0 Å². The second kappa shape index (κ2) is 6.48. The van der Waals surface area contributed by atoms with Crippen LogP contribution in [0.15, 0.2) is 26.9 Å². The highest BCUT2D eigenvalue weighted by atomic mass is 32.2. The Morgan fingerprint density at radius 2 is 2.11 bits per heavy atom. The first-order valence-corrected chi connectivity index (χ1v) is 7.35. The Balaban J connectivity index is 1.80. The lowest BCUT2D eigenvalue weighted by atomic mass is 10.1. The average molecular weight is 297 g/mol. The van der Waals surface area contributed by atoms with Crippen molar-refractivity contribution in [1.82, 2.24) is 5.32 Å². The van der Waals surface area contributed by atoms with Crippen molar-refractivity contribution >= 4 is 46.4 Å². The Bertz CT molecular complexity index is 583. The van der Waals surface area contributed by atoms with Crippen molar-refractivity contribution in [3.8, 4) is 0 Å². The molecule has 1 aromatic rings. The monoisotopic (exact) mass is 297 g/mol. The fraction of sp³-hybridized carbons (Fsp3) is 0.273. The number of carboxylic acid groups (broad SMARTS) is 1. The maximum absolute atomic E-state index is 11.8. The number of hydrogen-bond acceptors (Lipinski definition) is 5.